The fraction of sp³-hybridized carbons (Fsp3) is 0.455. The second-order valence-electron chi connectivity index (χ2n) is 13.4. The van der Waals surface area contributed by atoms with Crippen molar-refractivity contribution in [2.75, 3.05) is 35.7 Å². The Kier molecular flexibility index (Phi) is 10.8. The molecule has 1 fully saturated rings. The van der Waals surface area contributed by atoms with Gasteiger partial charge >= 0.3 is 18.2 Å². The number of carbonyl (C=O) groups excluding carboxylic acids is 3. The Labute approximate surface area is 279 Å². The minimum atomic E-state index is -0.700. The summed E-state index contributed by atoms with van der Waals surface area (Å²) in [4.78, 5) is 53.0. The highest BCUT2D eigenvalue weighted by Crippen LogP contribution is 2.29. The van der Waals surface area contributed by atoms with Crippen LogP contribution in [0.2, 0.25) is 0 Å². The fourth-order valence-corrected chi connectivity index (χ4v) is 4.80. The highest BCUT2D eigenvalue weighted by atomic mass is 16.6. The second-order valence-corrected chi connectivity index (χ2v) is 13.4. The van der Waals surface area contributed by atoms with Crippen molar-refractivity contribution in [1.82, 2.24) is 25.6 Å². The number of piperidine rings is 1. The van der Waals surface area contributed by atoms with Crippen LogP contribution in [0.15, 0.2) is 42.5 Å². The van der Waals surface area contributed by atoms with Crippen molar-refractivity contribution < 1.29 is 33.7 Å². The van der Waals surface area contributed by atoms with Crippen molar-refractivity contribution >= 4 is 41.4 Å². The molecule has 1 saturated heterocycles. The van der Waals surface area contributed by atoms with Crippen LogP contribution in [0.1, 0.15) is 63.9 Å². The first-order valence-electron chi connectivity index (χ1n) is 15.5. The Balaban J connectivity index is 1.53. The van der Waals surface area contributed by atoms with Crippen molar-refractivity contribution in [3.8, 4) is 11.8 Å². The molecule has 3 amide bonds. The predicted octanol–water partition coefficient (Wildman–Crippen LogP) is 4.89. The van der Waals surface area contributed by atoms with Crippen LogP contribution in [0.25, 0.3) is 0 Å². The van der Waals surface area contributed by atoms with Gasteiger partial charge in [-0.15, -0.1) is 0 Å². The number of benzene rings is 2. The maximum Gasteiger partial charge on any atom is 0.407 e. The number of methoxy groups -OCH3 is 1. The van der Waals surface area contributed by atoms with Crippen LogP contribution >= 0.6 is 0 Å². The number of nitrogens with zero attached hydrogens (tertiary/aromatic N) is 4. The van der Waals surface area contributed by atoms with Gasteiger partial charge in [-0.25, -0.2) is 9.59 Å². The van der Waals surface area contributed by atoms with E-state index in [4.69, 9.17) is 14.2 Å². The summed E-state index contributed by atoms with van der Waals surface area (Å²) in [6.07, 6.45) is -0.799. The zero-order chi connectivity index (χ0) is 35.2. The second kappa shape index (κ2) is 14.6. The van der Waals surface area contributed by atoms with E-state index in [1.165, 1.54) is 13.2 Å². The van der Waals surface area contributed by atoms with Crippen molar-refractivity contribution in [2.24, 2.45) is 0 Å². The lowest BCUT2D eigenvalue weighted by Gasteiger charge is -2.38. The molecule has 258 valence electrons. The minimum absolute atomic E-state index is 0.00702. The molecule has 1 aliphatic heterocycles. The smallest absolute Gasteiger partial charge is 0.407 e. The van der Waals surface area contributed by atoms with Gasteiger partial charge in [0.15, 0.2) is 0 Å². The summed E-state index contributed by atoms with van der Waals surface area (Å²) < 4.78 is 16.3. The van der Waals surface area contributed by atoms with Crippen LogP contribution in [0, 0.1) is 6.92 Å². The molecule has 0 saturated carbocycles. The van der Waals surface area contributed by atoms with Gasteiger partial charge in [0.2, 0.25) is 11.9 Å². The number of aromatic nitrogens is 3. The fourth-order valence-electron chi connectivity index (χ4n) is 4.80. The number of phenols is 1. The number of nitrogens with one attached hydrogen (secondary N) is 4. The SMILES string of the molecule is COc1nc(Nc2ccc(NC(=O)c3ccc(C)cc3)c(O)c2)nc(N2CC(NC(=O)OC(C)(C)C)CC(NC(=O)OC(C)(C)C)C2)n1. The average Bonchev–Trinajstić information content (AvgIpc) is 2.96. The van der Waals surface area contributed by atoms with Crippen LogP contribution in [0.4, 0.5) is 32.9 Å². The number of aromatic hydroxyl groups is 1. The molecule has 15 heteroatoms. The minimum Gasteiger partial charge on any atom is -0.506 e. The van der Waals surface area contributed by atoms with E-state index in [1.54, 1.807) is 70.7 Å². The average molecular weight is 665 g/mol. The van der Waals surface area contributed by atoms with E-state index in [1.807, 2.05) is 19.1 Å². The molecule has 3 aromatic rings. The largest absolute Gasteiger partial charge is 0.506 e. The van der Waals surface area contributed by atoms with Gasteiger partial charge in [-0.1, -0.05) is 17.7 Å². The third-order valence-electron chi connectivity index (χ3n) is 6.78. The summed E-state index contributed by atoms with van der Waals surface area (Å²) in [6, 6.07) is 10.8. The third kappa shape index (κ3) is 10.6. The summed E-state index contributed by atoms with van der Waals surface area (Å²) in [5.41, 5.74) is 0.727. The molecule has 48 heavy (non-hydrogen) atoms. The Morgan fingerprint density at radius 2 is 1.44 bits per heavy atom. The molecule has 4 rings (SSSR count). The lowest BCUT2D eigenvalue weighted by atomic mass is 10.0. The van der Waals surface area contributed by atoms with Gasteiger partial charge in [0.05, 0.1) is 24.9 Å². The first-order valence-corrected chi connectivity index (χ1v) is 15.5. The van der Waals surface area contributed by atoms with E-state index in [9.17, 15) is 19.5 Å². The van der Waals surface area contributed by atoms with Crippen LogP contribution in [0.5, 0.6) is 11.8 Å². The number of alkyl carbamates (subject to hydrolysis) is 2. The van der Waals surface area contributed by atoms with E-state index in [0.29, 0.717) is 17.7 Å². The summed E-state index contributed by atoms with van der Waals surface area (Å²) in [5, 5.41) is 22.2. The molecule has 0 spiro atoms. The number of hydrogen-bond acceptors (Lipinski definition) is 12. The van der Waals surface area contributed by atoms with Crippen LogP contribution < -0.4 is 30.9 Å². The van der Waals surface area contributed by atoms with Gasteiger partial charge in [-0.2, -0.15) is 15.0 Å². The molecular formula is C33H44N8O7. The maximum absolute atomic E-state index is 12.7. The zero-order valence-corrected chi connectivity index (χ0v) is 28.5. The molecule has 1 aliphatic rings. The molecule has 2 heterocycles. The van der Waals surface area contributed by atoms with E-state index in [2.05, 4.69) is 36.2 Å². The third-order valence-corrected chi connectivity index (χ3v) is 6.78. The molecule has 2 unspecified atom stereocenters. The van der Waals surface area contributed by atoms with E-state index >= 15 is 0 Å². The predicted molar refractivity (Wildman–Crippen MR) is 180 cm³/mol. The molecule has 2 aromatic carbocycles. The number of amides is 3. The highest BCUT2D eigenvalue weighted by molar-refractivity contribution is 6.05. The molecule has 1 aromatic heterocycles. The number of aryl methyl sites for hydroxylation is 1. The number of phenolic OH excluding ortho intramolecular Hbond substituents is 1. The number of ether oxygens (including phenoxy) is 3. The topological polar surface area (TPSA) is 189 Å². The van der Waals surface area contributed by atoms with Crippen molar-refractivity contribution in [3.05, 3.63) is 53.6 Å². The van der Waals surface area contributed by atoms with E-state index in [0.717, 1.165) is 5.56 Å². The van der Waals surface area contributed by atoms with Gasteiger partial charge in [-0.05, 0) is 79.2 Å². The van der Waals surface area contributed by atoms with E-state index < -0.39 is 35.5 Å². The maximum atomic E-state index is 12.7. The molecule has 0 radical (unpaired) electrons. The lowest BCUT2D eigenvalue weighted by molar-refractivity contribution is 0.0475. The summed E-state index contributed by atoms with van der Waals surface area (Å²) in [6.45, 7) is 13.1. The summed E-state index contributed by atoms with van der Waals surface area (Å²) in [7, 11) is 1.41. The van der Waals surface area contributed by atoms with Crippen molar-refractivity contribution in [1.29, 1.82) is 0 Å². The normalized spacial score (nSPS) is 16.4. The highest BCUT2D eigenvalue weighted by Gasteiger charge is 2.33. The molecule has 15 nitrogen and oxygen atoms in total. The van der Waals surface area contributed by atoms with Crippen molar-refractivity contribution in [3.63, 3.8) is 0 Å². The molecular weight excluding hydrogens is 620 g/mol. The molecule has 0 aliphatic carbocycles. The monoisotopic (exact) mass is 664 g/mol. The summed E-state index contributed by atoms with van der Waals surface area (Å²) in [5.74, 6) is -0.225. The van der Waals surface area contributed by atoms with E-state index in [-0.39, 0.29) is 48.3 Å². The van der Waals surface area contributed by atoms with Gasteiger partial charge in [0, 0.05) is 30.4 Å². The van der Waals surface area contributed by atoms with Crippen LogP contribution in [-0.4, -0.2) is 81.6 Å². The number of hydrogen-bond donors (Lipinski definition) is 5. The van der Waals surface area contributed by atoms with Crippen molar-refractivity contribution in [2.45, 2.75) is 78.2 Å². The zero-order valence-electron chi connectivity index (χ0n) is 28.5. The van der Waals surface area contributed by atoms with Crippen LogP contribution in [-0.2, 0) is 9.47 Å². The van der Waals surface area contributed by atoms with Gasteiger partial charge < -0.3 is 45.5 Å². The quantitative estimate of drug-likeness (QED) is 0.206. The Bertz CT molecular complexity index is 1580. The number of carbonyl (C=O) groups is 3. The van der Waals surface area contributed by atoms with Gasteiger partial charge in [-0.3, -0.25) is 4.79 Å². The molecule has 2 atom stereocenters. The molecule has 0 bridgehead atoms. The number of anilines is 4. The lowest BCUT2D eigenvalue weighted by Crippen LogP contribution is -2.58. The van der Waals surface area contributed by atoms with Gasteiger partial charge in [0.25, 0.3) is 5.91 Å². The summed E-state index contributed by atoms with van der Waals surface area (Å²) >= 11 is 0. The molecule has 5 N–H and O–H groups in total. The van der Waals surface area contributed by atoms with Crippen LogP contribution in [0.3, 0.4) is 0 Å². The first kappa shape index (κ1) is 35.5. The van der Waals surface area contributed by atoms with Gasteiger partial charge in [0.1, 0.15) is 17.0 Å². The standard InChI is InChI=1S/C33H44N8O7/c1-19-9-11-20(12-10-19)26(43)37-24-14-13-21(16-25(24)42)34-27-38-28(40-29(39-27)46-8)41-17-22(35-30(44)47-32(2,3)4)15-23(18-41)36-31(45)48-33(5,6)7/h9-14,16,22-23,42H,15,17-18H2,1-8H3,(H,35,44)(H,36,45)(H,37,43)(H,34,38,39,40). The number of rotatable bonds is 8. The Morgan fingerprint density at radius 3 is 1.96 bits per heavy atom. The first-order chi connectivity index (χ1) is 22.5. The Hall–Kier alpha value is -5.34. The Morgan fingerprint density at radius 1 is 0.854 bits per heavy atom.